The van der Waals surface area contributed by atoms with Crippen LogP contribution in [0.15, 0.2) is 12.3 Å². The first-order chi connectivity index (χ1) is 8.10. The number of ether oxygens (including phenoxy) is 1. The zero-order chi connectivity index (χ0) is 12.4. The highest BCUT2D eigenvalue weighted by Crippen LogP contribution is 2.27. The first-order valence-corrected chi connectivity index (χ1v) is 6.62. The van der Waals surface area contributed by atoms with E-state index in [9.17, 15) is 0 Å². The summed E-state index contributed by atoms with van der Waals surface area (Å²) in [4.78, 5) is 6.56. The van der Waals surface area contributed by atoms with Gasteiger partial charge in [0.15, 0.2) is 0 Å². The highest BCUT2D eigenvalue weighted by Gasteiger charge is 2.24. The van der Waals surface area contributed by atoms with Gasteiger partial charge in [-0.1, -0.05) is 11.6 Å². The Bertz CT molecular complexity index is 390. The Morgan fingerprint density at radius 1 is 1.41 bits per heavy atom. The third-order valence-electron chi connectivity index (χ3n) is 2.75. The Hall–Kier alpha value is -0.510. The second-order valence-corrected chi connectivity index (χ2v) is 5.12. The Morgan fingerprint density at radius 3 is 2.59 bits per heavy atom. The van der Waals surface area contributed by atoms with Gasteiger partial charge >= 0.3 is 0 Å². The topological polar surface area (TPSA) is 25.4 Å². The van der Waals surface area contributed by atoms with Crippen LogP contribution in [0.25, 0.3) is 0 Å². The van der Waals surface area contributed by atoms with E-state index in [1.165, 1.54) is 0 Å². The standard InChI is InChI=1S/C12H16Cl2N2O/c1-8-6-16(7-9(2)17-8)12-11(14)3-10(4-13)5-15-12/h3,5,8-9H,4,6-7H2,1-2H3/t8-,9+. The summed E-state index contributed by atoms with van der Waals surface area (Å²) in [5.74, 6) is 1.26. The van der Waals surface area contributed by atoms with Crippen LogP contribution in [0.4, 0.5) is 5.82 Å². The van der Waals surface area contributed by atoms with Crippen molar-refractivity contribution in [2.45, 2.75) is 31.9 Å². The van der Waals surface area contributed by atoms with Crippen molar-refractivity contribution < 1.29 is 4.74 Å². The maximum absolute atomic E-state index is 6.23. The molecule has 94 valence electrons. The Kier molecular flexibility index (Phi) is 4.13. The molecule has 0 radical (unpaired) electrons. The molecule has 0 unspecified atom stereocenters. The van der Waals surface area contributed by atoms with Gasteiger partial charge in [0, 0.05) is 25.2 Å². The minimum atomic E-state index is 0.198. The summed E-state index contributed by atoms with van der Waals surface area (Å²) in [5, 5.41) is 0.657. The van der Waals surface area contributed by atoms with Crippen LogP contribution < -0.4 is 4.90 Å². The molecule has 3 nitrogen and oxygen atoms in total. The molecule has 0 spiro atoms. The van der Waals surface area contributed by atoms with Crippen LogP contribution in [0.3, 0.4) is 0 Å². The van der Waals surface area contributed by atoms with Crippen LogP contribution in [0.1, 0.15) is 19.4 Å². The van der Waals surface area contributed by atoms with Gasteiger partial charge in [-0.25, -0.2) is 4.98 Å². The van der Waals surface area contributed by atoms with Gasteiger partial charge in [-0.2, -0.15) is 0 Å². The molecule has 0 saturated carbocycles. The molecule has 0 amide bonds. The fourth-order valence-corrected chi connectivity index (χ4v) is 2.58. The van der Waals surface area contributed by atoms with Gasteiger partial charge in [-0.05, 0) is 25.5 Å². The molecule has 0 bridgehead atoms. The van der Waals surface area contributed by atoms with Gasteiger partial charge < -0.3 is 9.64 Å². The molecular formula is C12H16Cl2N2O. The van der Waals surface area contributed by atoms with Gasteiger partial charge in [-0.3, -0.25) is 0 Å². The summed E-state index contributed by atoms with van der Waals surface area (Å²) in [7, 11) is 0. The maximum atomic E-state index is 6.23. The molecule has 0 aromatic carbocycles. The summed E-state index contributed by atoms with van der Waals surface area (Å²) in [6, 6.07) is 1.88. The third kappa shape index (κ3) is 3.03. The van der Waals surface area contributed by atoms with Crippen molar-refractivity contribution >= 4 is 29.0 Å². The molecule has 1 fully saturated rings. The van der Waals surface area contributed by atoms with Crippen LogP contribution in [0, 0.1) is 0 Å². The first kappa shape index (κ1) is 12.9. The van der Waals surface area contributed by atoms with Gasteiger partial charge in [0.1, 0.15) is 5.82 Å². The van der Waals surface area contributed by atoms with Gasteiger partial charge in [-0.15, -0.1) is 11.6 Å². The lowest BCUT2D eigenvalue weighted by Gasteiger charge is -2.36. The number of halogens is 2. The van der Waals surface area contributed by atoms with E-state index >= 15 is 0 Å². The zero-order valence-corrected chi connectivity index (χ0v) is 11.5. The number of rotatable bonds is 2. The third-order valence-corrected chi connectivity index (χ3v) is 3.34. The van der Waals surface area contributed by atoms with E-state index in [1.54, 1.807) is 6.20 Å². The number of anilines is 1. The van der Waals surface area contributed by atoms with Crippen molar-refractivity contribution in [3.05, 3.63) is 22.8 Å². The van der Waals surface area contributed by atoms with Gasteiger partial charge in [0.25, 0.3) is 0 Å². The lowest BCUT2D eigenvalue weighted by molar-refractivity contribution is -0.00545. The largest absolute Gasteiger partial charge is 0.372 e. The Labute approximate surface area is 112 Å². The number of pyridine rings is 1. The monoisotopic (exact) mass is 274 g/mol. The van der Waals surface area contributed by atoms with Crippen LogP contribution in [-0.2, 0) is 10.6 Å². The second kappa shape index (κ2) is 5.42. The first-order valence-electron chi connectivity index (χ1n) is 5.71. The molecule has 1 aromatic heterocycles. The quantitative estimate of drug-likeness (QED) is 0.775. The van der Waals surface area contributed by atoms with Crippen LogP contribution in [0.5, 0.6) is 0 Å². The van der Waals surface area contributed by atoms with E-state index in [4.69, 9.17) is 27.9 Å². The maximum Gasteiger partial charge on any atom is 0.147 e. The van der Waals surface area contributed by atoms with Gasteiger partial charge in [0.2, 0.25) is 0 Å². The molecule has 2 heterocycles. The summed E-state index contributed by atoms with van der Waals surface area (Å²) < 4.78 is 5.69. The van der Waals surface area contributed by atoms with Crippen molar-refractivity contribution in [3.8, 4) is 0 Å². The van der Waals surface area contributed by atoms with E-state index in [-0.39, 0.29) is 12.2 Å². The van der Waals surface area contributed by atoms with Crippen molar-refractivity contribution in [2.75, 3.05) is 18.0 Å². The van der Waals surface area contributed by atoms with Gasteiger partial charge in [0.05, 0.1) is 17.2 Å². The van der Waals surface area contributed by atoms with Crippen molar-refractivity contribution in [3.63, 3.8) is 0 Å². The molecule has 0 aliphatic carbocycles. The van der Waals surface area contributed by atoms with E-state index in [2.05, 4.69) is 23.7 Å². The molecule has 1 aliphatic rings. The minimum Gasteiger partial charge on any atom is -0.372 e. The highest BCUT2D eigenvalue weighted by molar-refractivity contribution is 6.33. The van der Waals surface area contributed by atoms with Crippen LogP contribution in [-0.4, -0.2) is 30.3 Å². The fraction of sp³-hybridized carbons (Fsp3) is 0.583. The highest BCUT2D eigenvalue weighted by atomic mass is 35.5. The Morgan fingerprint density at radius 2 is 2.06 bits per heavy atom. The minimum absolute atomic E-state index is 0.198. The number of hydrogen-bond donors (Lipinski definition) is 0. The average molecular weight is 275 g/mol. The molecule has 0 N–H and O–H groups in total. The normalized spacial score (nSPS) is 25.1. The fourth-order valence-electron chi connectivity index (χ4n) is 2.13. The summed E-state index contributed by atoms with van der Waals surface area (Å²) in [6.45, 7) is 5.75. The average Bonchev–Trinajstić information content (AvgIpc) is 2.27. The molecule has 5 heteroatoms. The molecule has 1 aliphatic heterocycles. The summed E-state index contributed by atoms with van der Waals surface area (Å²) in [5.41, 5.74) is 0.940. The van der Waals surface area contributed by atoms with E-state index < -0.39 is 0 Å². The Balaban J connectivity index is 2.21. The molecule has 2 rings (SSSR count). The number of alkyl halides is 1. The number of morpholine rings is 1. The van der Waals surface area contributed by atoms with E-state index in [0.717, 1.165) is 24.5 Å². The van der Waals surface area contributed by atoms with Crippen molar-refractivity contribution in [2.24, 2.45) is 0 Å². The smallest absolute Gasteiger partial charge is 0.147 e. The zero-order valence-electron chi connectivity index (χ0n) is 9.99. The number of hydrogen-bond acceptors (Lipinski definition) is 3. The molecule has 1 aromatic rings. The predicted molar refractivity (Wildman–Crippen MR) is 71.0 cm³/mol. The molecule has 1 saturated heterocycles. The predicted octanol–water partition coefficient (Wildman–Crippen LogP) is 3.09. The lowest BCUT2D eigenvalue weighted by atomic mass is 10.2. The number of aromatic nitrogens is 1. The summed E-state index contributed by atoms with van der Waals surface area (Å²) in [6.07, 6.45) is 2.17. The summed E-state index contributed by atoms with van der Waals surface area (Å²) >= 11 is 12.0. The SMILES string of the molecule is C[C@@H]1CN(c2ncc(CCl)cc2Cl)C[C@H](C)O1. The molecule has 2 atom stereocenters. The molecule has 17 heavy (non-hydrogen) atoms. The lowest BCUT2D eigenvalue weighted by Crippen LogP contribution is -2.46. The second-order valence-electron chi connectivity index (χ2n) is 4.44. The van der Waals surface area contributed by atoms with E-state index in [0.29, 0.717) is 10.9 Å². The van der Waals surface area contributed by atoms with Crippen molar-refractivity contribution in [1.29, 1.82) is 0 Å². The van der Waals surface area contributed by atoms with Crippen LogP contribution >= 0.6 is 23.2 Å². The van der Waals surface area contributed by atoms with Crippen molar-refractivity contribution in [1.82, 2.24) is 4.98 Å². The van der Waals surface area contributed by atoms with E-state index in [1.807, 2.05) is 6.07 Å². The van der Waals surface area contributed by atoms with Crippen LogP contribution in [0.2, 0.25) is 5.02 Å². The number of nitrogens with zero attached hydrogens (tertiary/aromatic N) is 2. The molecular weight excluding hydrogens is 259 g/mol.